The zero-order chi connectivity index (χ0) is 13.0. The lowest BCUT2D eigenvalue weighted by molar-refractivity contribution is -0.0290. The highest BCUT2D eigenvalue weighted by atomic mass is 16.3. The Balaban J connectivity index is 1.91. The van der Waals surface area contributed by atoms with Crippen LogP contribution in [0.1, 0.15) is 38.7 Å². The smallest absolute Gasteiger partial charge is 0.0712 e. The van der Waals surface area contributed by atoms with E-state index in [0.717, 1.165) is 32.4 Å². The van der Waals surface area contributed by atoms with Crippen molar-refractivity contribution in [3.05, 3.63) is 35.9 Å². The van der Waals surface area contributed by atoms with E-state index in [2.05, 4.69) is 30.9 Å². The van der Waals surface area contributed by atoms with Crippen LogP contribution in [0.5, 0.6) is 0 Å². The van der Waals surface area contributed by atoms with E-state index < -0.39 is 5.60 Å². The molecule has 0 aromatic heterocycles. The van der Waals surface area contributed by atoms with E-state index in [4.69, 9.17) is 0 Å². The van der Waals surface area contributed by atoms with Crippen LogP contribution in [0.25, 0.3) is 0 Å². The van der Waals surface area contributed by atoms with Gasteiger partial charge in [-0.15, -0.1) is 0 Å². The largest absolute Gasteiger partial charge is 0.389 e. The third kappa shape index (κ3) is 3.33. The predicted molar refractivity (Wildman–Crippen MR) is 75.7 cm³/mol. The molecular weight excluding hydrogens is 222 g/mol. The number of likely N-dealkylation sites (tertiary alicyclic amines) is 1. The van der Waals surface area contributed by atoms with Gasteiger partial charge in [-0.05, 0) is 31.7 Å². The Kier molecular flexibility index (Phi) is 4.41. The topological polar surface area (TPSA) is 23.5 Å². The van der Waals surface area contributed by atoms with Crippen LogP contribution < -0.4 is 0 Å². The summed E-state index contributed by atoms with van der Waals surface area (Å²) < 4.78 is 0. The number of piperidine rings is 1. The highest BCUT2D eigenvalue weighted by Gasteiger charge is 2.33. The summed E-state index contributed by atoms with van der Waals surface area (Å²) in [6, 6.07) is 11.0. The molecule has 100 valence electrons. The monoisotopic (exact) mass is 247 g/mol. The van der Waals surface area contributed by atoms with Gasteiger partial charge in [0, 0.05) is 25.6 Å². The lowest BCUT2D eigenvalue weighted by Gasteiger charge is -2.40. The zero-order valence-corrected chi connectivity index (χ0v) is 11.6. The second kappa shape index (κ2) is 5.85. The van der Waals surface area contributed by atoms with Crippen molar-refractivity contribution in [1.29, 1.82) is 0 Å². The molecule has 1 aliphatic heterocycles. The maximum Gasteiger partial charge on any atom is 0.0712 e. The molecule has 1 aliphatic rings. The van der Waals surface area contributed by atoms with Crippen molar-refractivity contribution in [2.75, 3.05) is 13.1 Å². The molecule has 0 amide bonds. The predicted octanol–water partition coefficient (Wildman–Crippen LogP) is 2.85. The average molecular weight is 247 g/mol. The van der Waals surface area contributed by atoms with Crippen LogP contribution in [-0.2, 0) is 6.42 Å². The molecule has 1 heterocycles. The van der Waals surface area contributed by atoms with Crippen molar-refractivity contribution in [2.24, 2.45) is 0 Å². The van der Waals surface area contributed by atoms with Crippen molar-refractivity contribution in [2.45, 2.75) is 51.2 Å². The summed E-state index contributed by atoms with van der Waals surface area (Å²) in [7, 11) is 0. The average Bonchev–Trinajstić information content (AvgIpc) is 2.39. The fourth-order valence-electron chi connectivity index (χ4n) is 2.79. The minimum Gasteiger partial charge on any atom is -0.389 e. The fourth-order valence-corrected chi connectivity index (χ4v) is 2.79. The van der Waals surface area contributed by atoms with Gasteiger partial charge in [0.1, 0.15) is 0 Å². The molecule has 2 rings (SSSR count). The Hall–Kier alpha value is -0.860. The van der Waals surface area contributed by atoms with Crippen LogP contribution in [0.3, 0.4) is 0 Å². The van der Waals surface area contributed by atoms with Crippen molar-refractivity contribution < 1.29 is 5.11 Å². The lowest BCUT2D eigenvalue weighted by Crippen LogP contribution is -2.48. The second-order valence-corrected chi connectivity index (χ2v) is 5.68. The summed E-state index contributed by atoms with van der Waals surface area (Å²) in [6.07, 6.45) is 3.78. The molecule has 2 heteroatoms. The number of hydrogen-bond donors (Lipinski definition) is 1. The first kappa shape index (κ1) is 13.6. The number of benzene rings is 1. The van der Waals surface area contributed by atoms with Gasteiger partial charge in [0.25, 0.3) is 0 Å². The van der Waals surface area contributed by atoms with Crippen LogP contribution in [0, 0.1) is 0 Å². The minimum absolute atomic E-state index is 0.495. The fraction of sp³-hybridized carbons (Fsp3) is 0.625. The number of nitrogens with zero attached hydrogens (tertiary/aromatic N) is 1. The minimum atomic E-state index is -0.495. The summed E-state index contributed by atoms with van der Waals surface area (Å²) in [5, 5.41) is 10.7. The summed E-state index contributed by atoms with van der Waals surface area (Å²) in [5.74, 6) is 0. The van der Waals surface area contributed by atoms with Gasteiger partial charge in [-0.25, -0.2) is 0 Å². The van der Waals surface area contributed by atoms with Gasteiger partial charge in [0.2, 0.25) is 0 Å². The summed E-state index contributed by atoms with van der Waals surface area (Å²) in [4.78, 5) is 2.50. The molecule has 1 N–H and O–H groups in total. The summed E-state index contributed by atoms with van der Waals surface area (Å²) in [6.45, 7) is 6.56. The molecule has 0 bridgehead atoms. The third-order valence-corrected chi connectivity index (χ3v) is 4.32. The first-order valence-corrected chi connectivity index (χ1v) is 7.13. The standard InChI is InChI=1S/C16H25NO/c1-3-14(2)17-11-9-16(18,10-12-17)13-15-7-5-4-6-8-15/h4-8,14,18H,3,9-13H2,1-2H3. The SMILES string of the molecule is CCC(C)N1CCC(O)(Cc2ccccc2)CC1. The number of hydrogen-bond acceptors (Lipinski definition) is 2. The van der Waals surface area contributed by atoms with Crippen LogP contribution in [-0.4, -0.2) is 34.7 Å². The van der Waals surface area contributed by atoms with Crippen LogP contribution in [0.4, 0.5) is 0 Å². The Morgan fingerprint density at radius 3 is 2.39 bits per heavy atom. The van der Waals surface area contributed by atoms with E-state index in [1.54, 1.807) is 0 Å². The molecule has 1 aromatic rings. The van der Waals surface area contributed by atoms with E-state index >= 15 is 0 Å². The van der Waals surface area contributed by atoms with Crippen molar-refractivity contribution >= 4 is 0 Å². The van der Waals surface area contributed by atoms with Gasteiger partial charge >= 0.3 is 0 Å². The second-order valence-electron chi connectivity index (χ2n) is 5.68. The zero-order valence-electron chi connectivity index (χ0n) is 11.6. The Labute approximate surface area is 111 Å². The summed E-state index contributed by atoms with van der Waals surface area (Å²) in [5.41, 5.74) is 0.752. The molecule has 0 saturated carbocycles. The molecule has 0 radical (unpaired) electrons. The maximum absolute atomic E-state index is 10.7. The van der Waals surface area contributed by atoms with Crippen LogP contribution in [0.2, 0.25) is 0 Å². The van der Waals surface area contributed by atoms with E-state index in [1.165, 1.54) is 12.0 Å². The molecule has 18 heavy (non-hydrogen) atoms. The molecular formula is C16H25NO. The van der Waals surface area contributed by atoms with Crippen LogP contribution in [0.15, 0.2) is 30.3 Å². The Bertz CT molecular complexity index is 355. The first-order chi connectivity index (χ1) is 8.63. The third-order valence-electron chi connectivity index (χ3n) is 4.32. The molecule has 1 saturated heterocycles. The first-order valence-electron chi connectivity index (χ1n) is 7.13. The van der Waals surface area contributed by atoms with Gasteiger partial charge in [-0.3, -0.25) is 0 Å². The van der Waals surface area contributed by atoms with Gasteiger partial charge in [-0.2, -0.15) is 0 Å². The van der Waals surface area contributed by atoms with Crippen molar-refractivity contribution in [1.82, 2.24) is 4.90 Å². The highest BCUT2D eigenvalue weighted by molar-refractivity contribution is 5.17. The summed E-state index contributed by atoms with van der Waals surface area (Å²) >= 11 is 0. The van der Waals surface area contributed by atoms with Gasteiger partial charge in [0.15, 0.2) is 0 Å². The van der Waals surface area contributed by atoms with Gasteiger partial charge < -0.3 is 10.0 Å². The maximum atomic E-state index is 10.7. The number of rotatable bonds is 4. The molecule has 2 nitrogen and oxygen atoms in total. The van der Waals surface area contributed by atoms with Crippen molar-refractivity contribution in [3.63, 3.8) is 0 Å². The molecule has 0 spiro atoms. The lowest BCUT2D eigenvalue weighted by atomic mass is 9.85. The Morgan fingerprint density at radius 2 is 1.83 bits per heavy atom. The molecule has 1 atom stereocenters. The van der Waals surface area contributed by atoms with Gasteiger partial charge in [0.05, 0.1) is 5.60 Å². The normalized spacial score (nSPS) is 21.7. The quantitative estimate of drug-likeness (QED) is 0.884. The molecule has 1 unspecified atom stereocenters. The molecule has 1 aromatic carbocycles. The van der Waals surface area contributed by atoms with Crippen molar-refractivity contribution in [3.8, 4) is 0 Å². The van der Waals surface area contributed by atoms with E-state index in [-0.39, 0.29) is 0 Å². The highest BCUT2D eigenvalue weighted by Crippen LogP contribution is 2.27. The van der Waals surface area contributed by atoms with Crippen LogP contribution >= 0.6 is 0 Å². The van der Waals surface area contributed by atoms with Gasteiger partial charge in [-0.1, -0.05) is 37.3 Å². The molecule has 1 fully saturated rings. The Morgan fingerprint density at radius 1 is 1.22 bits per heavy atom. The van der Waals surface area contributed by atoms with E-state index in [1.807, 2.05) is 18.2 Å². The molecule has 0 aliphatic carbocycles. The van der Waals surface area contributed by atoms with E-state index in [0.29, 0.717) is 6.04 Å². The van der Waals surface area contributed by atoms with E-state index in [9.17, 15) is 5.11 Å². The number of aliphatic hydroxyl groups is 1.